The molecule has 0 aromatic carbocycles. The molecule has 2 rings (SSSR count). The summed E-state index contributed by atoms with van der Waals surface area (Å²) in [5.41, 5.74) is 1.05. The van der Waals surface area contributed by atoms with Gasteiger partial charge in [0, 0.05) is 17.5 Å². The van der Waals surface area contributed by atoms with E-state index in [1.807, 2.05) is 18.7 Å². The molecule has 0 saturated heterocycles. The number of nitrogens with one attached hydrogen (secondary N) is 1. The molecule has 4 heteroatoms. The van der Waals surface area contributed by atoms with Gasteiger partial charge in [0.1, 0.15) is 5.03 Å². The molecule has 0 aliphatic heterocycles. The van der Waals surface area contributed by atoms with Crippen LogP contribution in [0.1, 0.15) is 38.3 Å². The third kappa shape index (κ3) is 3.11. The predicted molar refractivity (Wildman–Crippen MR) is 69.0 cm³/mol. The van der Waals surface area contributed by atoms with Crippen molar-refractivity contribution in [1.82, 2.24) is 9.97 Å². The van der Waals surface area contributed by atoms with Crippen LogP contribution in [0.4, 0.5) is 5.95 Å². The second-order valence-electron chi connectivity index (χ2n) is 4.23. The van der Waals surface area contributed by atoms with E-state index >= 15 is 0 Å². The minimum absolute atomic E-state index is 0.767. The summed E-state index contributed by atoms with van der Waals surface area (Å²) < 4.78 is 0. The molecule has 1 aromatic heterocycles. The largest absolute Gasteiger partial charge is 0.354 e. The molecule has 0 atom stereocenters. The van der Waals surface area contributed by atoms with Crippen molar-refractivity contribution >= 4 is 17.7 Å². The first-order valence-electron chi connectivity index (χ1n) is 6.04. The van der Waals surface area contributed by atoms with Crippen LogP contribution in [0.25, 0.3) is 0 Å². The maximum atomic E-state index is 4.53. The molecule has 1 fully saturated rings. The number of aromatic nitrogens is 2. The quantitative estimate of drug-likeness (QED) is 0.816. The lowest BCUT2D eigenvalue weighted by Gasteiger charge is -2.10. The molecule has 88 valence electrons. The Morgan fingerprint density at radius 1 is 1.38 bits per heavy atom. The molecular weight excluding hydrogens is 218 g/mol. The fraction of sp³-hybridized carbons (Fsp3) is 0.667. The number of thioether (sulfide) groups is 1. The van der Waals surface area contributed by atoms with Gasteiger partial charge in [0.2, 0.25) is 5.95 Å². The Kier molecular flexibility index (Phi) is 4.04. The first-order chi connectivity index (χ1) is 7.78. The Morgan fingerprint density at radius 3 is 2.81 bits per heavy atom. The number of hydrogen-bond donors (Lipinski definition) is 1. The highest BCUT2D eigenvalue weighted by Crippen LogP contribution is 2.34. The maximum Gasteiger partial charge on any atom is 0.223 e. The molecule has 1 aromatic rings. The average Bonchev–Trinajstić information content (AvgIpc) is 2.70. The highest BCUT2D eigenvalue weighted by atomic mass is 32.2. The fourth-order valence-corrected chi connectivity index (χ4v) is 3.30. The lowest BCUT2D eigenvalue weighted by atomic mass is 10.4. The Bertz CT molecular complexity index is 348. The summed E-state index contributed by atoms with van der Waals surface area (Å²) in [4.78, 5) is 8.89. The van der Waals surface area contributed by atoms with Gasteiger partial charge < -0.3 is 5.32 Å². The number of nitrogens with zero attached hydrogens (tertiary/aromatic N) is 2. The van der Waals surface area contributed by atoms with Crippen LogP contribution in [0, 0.1) is 6.92 Å². The summed E-state index contributed by atoms with van der Waals surface area (Å²) in [5.74, 6) is 0.767. The number of aryl methyl sites for hydroxylation is 1. The van der Waals surface area contributed by atoms with Gasteiger partial charge in [-0.1, -0.05) is 12.8 Å². The Labute approximate surface area is 101 Å². The molecule has 0 spiro atoms. The predicted octanol–water partition coefficient (Wildman–Crippen LogP) is 3.25. The van der Waals surface area contributed by atoms with Crippen molar-refractivity contribution in [3.63, 3.8) is 0 Å². The maximum absolute atomic E-state index is 4.53. The van der Waals surface area contributed by atoms with Gasteiger partial charge in [0.25, 0.3) is 0 Å². The zero-order valence-corrected chi connectivity index (χ0v) is 10.8. The zero-order valence-electron chi connectivity index (χ0n) is 9.99. The Hall–Kier alpha value is -0.770. The Balaban J connectivity index is 2.06. The van der Waals surface area contributed by atoms with Gasteiger partial charge in [-0.2, -0.15) is 0 Å². The van der Waals surface area contributed by atoms with Crippen LogP contribution in [-0.2, 0) is 0 Å². The second kappa shape index (κ2) is 5.53. The van der Waals surface area contributed by atoms with Crippen molar-refractivity contribution in [2.24, 2.45) is 0 Å². The van der Waals surface area contributed by atoms with Crippen LogP contribution < -0.4 is 5.32 Å². The van der Waals surface area contributed by atoms with Gasteiger partial charge in [-0.25, -0.2) is 9.97 Å². The van der Waals surface area contributed by atoms with Gasteiger partial charge in [-0.15, -0.1) is 11.8 Å². The monoisotopic (exact) mass is 237 g/mol. The minimum atomic E-state index is 0.767. The highest BCUT2D eigenvalue weighted by Gasteiger charge is 2.17. The van der Waals surface area contributed by atoms with Gasteiger partial charge >= 0.3 is 0 Å². The van der Waals surface area contributed by atoms with E-state index in [9.17, 15) is 0 Å². The molecule has 0 radical (unpaired) electrons. The van der Waals surface area contributed by atoms with Crippen molar-refractivity contribution in [1.29, 1.82) is 0 Å². The SMILES string of the molecule is CCNc1nc(C)cc(SC2CCCC2)n1. The van der Waals surface area contributed by atoms with E-state index in [2.05, 4.69) is 28.3 Å². The molecule has 0 bridgehead atoms. The van der Waals surface area contributed by atoms with E-state index in [-0.39, 0.29) is 0 Å². The summed E-state index contributed by atoms with van der Waals surface area (Å²) in [6, 6.07) is 2.09. The molecule has 1 aliphatic rings. The topological polar surface area (TPSA) is 37.8 Å². The molecule has 0 unspecified atom stereocenters. The molecular formula is C12H19N3S. The molecule has 1 N–H and O–H groups in total. The normalized spacial score (nSPS) is 16.6. The van der Waals surface area contributed by atoms with E-state index in [0.29, 0.717) is 0 Å². The van der Waals surface area contributed by atoms with Crippen molar-refractivity contribution in [3.8, 4) is 0 Å². The third-order valence-electron chi connectivity index (χ3n) is 2.76. The standard InChI is InChI=1S/C12H19N3S/c1-3-13-12-14-9(2)8-11(15-12)16-10-6-4-5-7-10/h8,10H,3-7H2,1-2H3,(H,13,14,15). The summed E-state index contributed by atoms with van der Waals surface area (Å²) in [7, 11) is 0. The fourth-order valence-electron chi connectivity index (χ4n) is 2.01. The Morgan fingerprint density at radius 2 is 2.12 bits per heavy atom. The molecule has 3 nitrogen and oxygen atoms in total. The van der Waals surface area contributed by atoms with Crippen LogP contribution in [0.3, 0.4) is 0 Å². The van der Waals surface area contributed by atoms with Crippen LogP contribution in [-0.4, -0.2) is 21.8 Å². The zero-order chi connectivity index (χ0) is 11.4. The number of anilines is 1. The van der Waals surface area contributed by atoms with E-state index in [1.54, 1.807) is 0 Å². The molecule has 0 amide bonds. The minimum Gasteiger partial charge on any atom is -0.354 e. The van der Waals surface area contributed by atoms with Gasteiger partial charge in [0.15, 0.2) is 0 Å². The lowest BCUT2D eigenvalue weighted by molar-refractivity contribution is 0.886. The summed E-state index contributed by atoms with van der Waals surface area (Å²) >= 11 is 1.91. The number of hydrogen-bond acceptors (Lipinski definition) is 4. The first kappa shape index (κ1) is 11.7. The summed E-state index contributed by atoms with van der Waals surface area (Å²) in [6.45, 7) is 4.97. The average molecular weight is 237 g/mol. The van der Waals surface area contributed by atoms with Gasteiger partial charge in [-0.3, -0.25) is 0 Å². The smallest absolute Gasteiger partial charge is 0.223 e. The van der Waals surface area contributed by atoms with Crippen LogP contribution >= 0.6 is 11.8 Å². The van der Waals surface area contributed by atoms with Crippen LogP contribution in [0.2, 0.25) is 0 Å². The summed E-state index contributed by atoms with van der Waals surface area (Å²) in [5, 5.41) is 5.07. The van der Waals surface area contributed by atoms with E-state index < -0.39 is 0 Å². The van der Waals surface area contributed by atoms with Crippen molar-refractivity contribution in [2.45, 2.75) is 49.8 Å². The second-order valence-corrected chi connectivity index (χ2v) is 5.55. The molecule has 16 heavy (non-hydrogen) atoms. The van der Waals surface area contributed by atoms with Crippen LogP contribution in [0.5, 0.6) is 0 Å². The number of rotatable bonds is 4. The van der Waals surface area contributed by atoms with Crippen molar-refractivity contribution < 1.29 is 0 Å². The third-order valence-corrected chi connectivity index (χ3v) is 4.01. The molecule has 1 saturated carbocycles. The molecule has 1 heterocycles. The highest BCUT2D eigenvalue weighted by molar-refractivity contribution is 7.99. The molecule has 1 aliphatic carbocycles. The first-order valence-corrected chi connectivity index (χ1v) is 6.92. The van der Waals surface area contributed by atoms with E-state index in [4.69, 9.17) is 0 Å². The van der Waals surface area contributed by atoms with E-state index in [0.717, 1.165) is 28.5 Å². The summed E-state index contributed by atoms with van der Waals surface area (Å²) in [6.07, 6.45) is 5.43. The van der Waals surface area contributed by atoms with Gasteiger partial charge in [-0.05, 0) is 32.8 Å². The van der Waals surface area contributed by atoms with Crippen molar-refractivity contribution in [3.05, 3.63) is 11.8 Å². The van der Waals surface area contributed by atoms with Crippen LogP contribution in [0.15, 0.2) is 11.1 Å². The van der Waals surface area contributed by atoms with E-state index in [1.165, 1.54) is 25.7 Å². The van der Waals surface area contributed by atoms with Gasteiger partial charge in [0.05, 0.1) is 0 Å². The lowest BCUT2D eigenvalue weighted by Crippen LogP contribution is -2.04. The van der Waals surface area contributed by atoms with Crippen molar-refractivity contribution in [2.75, 3.05) is 11.9 Å².